The minimum atomic E-state index is -2.81. The van der Waals surface area contributed by atoms with E-state index in [0.717, 1.165) is 18.9 Å². The Labute approximate surface area is 117 Å². The third kappa shape index (κ3) is 4.62. The van der Waals surface area contributed by atoms with Gasteiger partial charge in [-0.05, 0) is 37.1 Å². The first kappa shape index (κ1) is 14.5. The van der Waals surface area contributed by atoms with Crippen LogP contribution < -0.4 is 10.1 Å². The van der Waals surface area contributed by atoms with Crippen molar-refractivity contribution in [3.05, 3.63) is 28.8 Å². The van der Waals surface area contributed by atoms with Crippen molar-refractivity contribution in [1.29, 1.82) is 0 Å². The van der Waals surface area contributed by atoms with Crippen molar-refractivity contribution < 1.29 is 13.5 Å². The number of rotatable bonds is 7. The molecule has 0 bridgehead atoms. The number of benzene rings is 1. The zero-order valence-electron chi connectivity index (χ0n) is 10.7. The summed E-state index contributed by atoms with van der Waals surface area (Å²) in [4.78, 5) is 0. The molecule has 1 fully saturated rings. The third-order valence-corrected chi connectivity index (χ3v) is 3.74. The molecule has 19 heavy (non-hydrogen) atoms. The Morgan fingerprint density at radius 2 is 2.16 bits per heavy atom. The summed E-state index contributed by atoms with van der Waals surface area (Å²) in [7, 11) is 0. The Morgan fingerprint density at radius 3 is 2.79 bits per heavy atom. The predicted molar refractivity (Wildman–Crippen MR) is 71.7 cm³/mol. The molecule has 1 aliphatic carbocycles. The lowest BCUT2D eigenvalue weighted by molar-refractivity contribution is -0.0504. The average molecular weight is 290 g/mol. The van der Waals surface area contributed by atoms with E-state index in [1.165, 1.54) is 25.3 Å². The van der Waals surface area contributed by atoms with Crippen LogP contribution in [0.25, 0.3) is 0 Å². The first-order valence-electron chi connectivity index (χ1n) is 6.59. The maximum Gasteiger partial charge on any atom is 0.387 e. The van der Waals surface area contributed by atoms with E-state index in [-0.39, 0.29) is 5.75 Å². The van der Waals surface area contributed by atoms with Gasteiger partial charge in [0.15, 0.2) is 0 Å². The second-order valence-electron chi connectivity index (χ2n) is 4.89. The van der Waals surface area contributed by atoms with Gasteiger partial charge in [-0.25, -0.2) is 0 Å². The highest BCUT2D eigenvalue weighted by Crippen LogP contribution is 2.29. The molecule has 0 saturated heterocycles. The number of hydrogen-bond acceptors (Lipinski definition) is 2. The summed E-state index contributed by atoms with van der Waals surface area (Å²) < 4.78 is 29.0. The van der Waals surface area contributed by atoms with E-state index in [2.05, 4.69) is 10.1 Å². The molecule has 106 valence electrons. The van der Waals surface area contributed by atoms with E-state index in [1.807, 2.05) is 0 Å². The van der Waals surface area contributed by atoms with E-state index >= 15 is 0 Å². The lowest BCUT2D eigenvalue weighted by atomic mass is 9.83. The maximum atomic E-state index is 12.3. The predicted octanol–water partition coefficient (Wildman–Crippen LogP) is 4.22. The molecule has 0 aromatic heterocycles. The zero-order chi connectivity index (χ0) is 13.7. The fourth-order valence-corrected chi connectivity index (χ4v) is 2.40. The summed E-state index contributed by atoms with van der Waals surface area (Å²) in [6.07, 6.45) is 5.12. The highest BCUT2D eigenvalue weighted by atomic mass is 35.5. The topological polar surface area (TPSA) is 21.3 Å². The summed E-state index contributed by atoms with van der Waals surface area (Å²) in [5, 5.41) is 3.78. The molecule has 1 N–H and O–H groups in total. The number of nitrogens with one attached hydrogen (secondary N) is 1. The molecule has 2 rings (SSSR count). The summed E-state index contributed by atoms with van der Waals surface area (Å²) in [6, 6.07) is 4.70. The fourth-order valence-electron chi connectivity index (χ4n) is 2.21. The minimum Gasteiger partial charge on any atom is -0.434 e. The lowest BCUT2D eigenvalue weighted by Crippen LogP contribution is -2.21. The first-order chi connectivity index (χ1) is 9.15. The van der Waals surface area contributed by atoms with Gasteiger partial charge in [-0.2, -0.15) is 8.78 Å². The third-order valence-electron chi connectivity index (χ3n) is 3.51. The first-order valence-corrected chi connectivity index (χ1v) is 6.97. The van der Waals surface area contributed by atoms with Crippen molar-refractivity contribution in [3.63, 3.8) is 0 Å². The van der Waals surface area contributed by atoms with Crippen LogP contribution in [0.15, 0.2) is 18.2 Å². The fraction of sp³-hybridized carbons (Fsp3) is 0.571. The highest BCUT2D eigenvalue weighted by Gasteiger charge is 2.16. The maximum absolute atomic E-state index is 12.3. The van der Waals surface area contributed by atoms with Gasteiger partial charge in [0.2, 0.25) is 0 Å². The average Bonchev–Trinajstić information content (AvgIpc) is 2.29. The molecule has 0 aliphatic heterocycles. The van der Waals surface area contributed by atoms with Crippen LogP contribution in [0.2, 0.25) is 5.02 Å². The SMILES string of the molecule is FC(F)Oc1ccc(Cl)cc1CNCCC1CCC1. The Bertz CT molecular complexity index is 410. The molecule has 0 radical (unpaired) electrons. The molecule has 1 aromatic rings. The van der Waals surface area contributed by atoms with Crippen molar-refractivity contribution in [2.24, 2.45) is 5.92 Å². The number of alkyl halides is 2. The molecule has 1 aromatic carbocycles. The number of ether oxygens (including phenoxy) is 1. The molecule has 2 nitrogen and oxygen atoms in total. The Balaban J connectivity index is 1.84. The largest absolute Gasteiger partial charge is 0.434 e. The van der Waals surface area contributed by atoms with Gasteiger partial charge >= 0.3 is 6.61 Å². The number of hydrogen-bond donors (Lipinski definition) is 1. The van der Waals surface area contributed by atoms with E-state index < -0.39 is 6.61 Å². The molecule has 0 heterocycles. The summed E-state index contributed by atoms with van der Waals surface area (Å²) in [5.41, 5.74) is 0.668. The Morgan fingerprint density at radius 1 is 1.37 bits per heavy atom. The van der Waals surface area contributed by atoms with Crippen molar-refractivity contribution in [2.75, 3.05) is 6.54 Å². The van der Waals surface area contributed by atoms with Gasteiger partial charge in [0.25, 0.3) is 0 Å². The lowest BCUT2D eigenvalue weighted by Gasteiger charge is -2.25. The van der Waals surface area contributed by atoms with Gasteiger partial charge < -0.3 is 10.1 Å². The molecule has 0 atom stereocenters. The highest BCUT2D eigenvalue weighted by molar-refractivity contribution is 6.30. The van der Waals surface area contributed by atoms with Gasteiger partial charge in [-0.3, -0.25) is 0 Å². The second-order valence-corrected chi connectivity index (χ2v) is 5.33. The van der Waals surface area contributed by atoms with Gasteiger partial charge in [-0.1, -0.05) is 30.9 Å². The molecule has 1 saturated carbocycles. The van der Waals surface area contributed by atoms with Crippen LogP contribution in [-0.2, 0) is 6.54 Å². The van der Waals surface area contributed by atoms with Crippen LogP contribution in [0.4, 0.5) is 8.78 Å². The summed E-state index contributed by atoms with van der Waals surface area (Å²) in [6.45, 7) is -1.42. The second kappa shape index (κ2) is 7.06. The zero-order valence-corrected chi connectivity index (χ0v) is 11.4. The van der Waals surface area contributed by atoms with Crippen LogP contribution in [0, 0.1) is 5.92 Å². The van der Waals surface area contributed by atoms with E-state index in [9.17, 15) is 8.78 Å². The van der Waals surface area contributed by atoms with E-state index in [0.29, 0.717) is 17.1 Å². The monoisotopic (exact) mass is 289 g/mol. The normalized spacial score (nSPS) is 15.6. The van der Waals surface area contributed by atoms with Crippen molar-refractivity contribution in [1.82, 2.24) is 5.32 Å². The molecule has 0 spiro atoms. The van der Waals surface area contributed by atoms with Gasteiger partial charge in [0.1, 0.15) is 5.75 Å². The van der Waals surface area contributed by atoms with Crippen molar-refractivity contribution in [2.45, 2.75) is 38.8 Å². The van der Waals surface area contributed by atoms with Crippen LogP contribution >= 0.6 is 11.6 Å². The summed E-state index contributed by atoms with van der Waals surface area (Å²) >= 11 is 5.88. The minimum absolute atomic E-state index is 0.190. The Hall–Kier alpha value is -0.870. The molecular weight excluding hydrogens is 272 g/mol. The van der Waals surface area contributed by atoms with E-state index in [1.54, 1.807) is 12.1 Å². The Kier molecular flexibility index (Phi) is 5.40. The van der Waals surface area contributed by atoms with Crippen LogP contribution in [-0.4, -0.2) is 13.2 Å². The van der Waals surface area contributed by atoms with Crippen LogP contribution in [0.5, 0.6) is 5.75 Å². The molecule has 1 aliphatic rings. The quantitative estimate of drug-likeness (QED) is 0.759. The number of halogens is 3. The van der Waals surface area contributed by atoms with Crippen molar-refractivity contribution >= 4 is 11.6 Å². The standard InChI is InChI=1S/C14H18ClF2NO/c15-12-4-5-13(19-14(16)17)11(8-12)9-18-7-6-10-2-1-3-10/h4-5,8,10,14,18H,1-3,6-7,9H2. The smallest absolute Gasteiger partial charge is 0.387 e. The van der Waals surface area contributed by atoms with Crippen molar-refractivity contribution in [3.8, 4) is 5.75 Å². The van der Waals surface area contributed by atoms with Gasteiger partial charge in [0.05, 0.1) is 0 Å². The van der Waals surface area contributed by atoms with Crippen LogP contribution in [0.3, 0.4) is 0 Å². The van der Waals surface area contributed by atoms with Crippen LogP contribution in [0.1, 0.15) is 31.2 Å². The van der Waals surface area contributed by atoms with Gasteiger partial charge in [0, 0.05) is 17.1 Å². The van der Waals surface area contributed by atoms with Gasteiger partial charge in [-0.15, -0.1) is 0 Å². The molecule has 0 amide bonds. The molecule has 5 heteroatoms. The summed E-state index contributed by atoms with van der Waals surface area (Å²) in [5.74, 6) is 1.03. The van der Waals surface area contributed by atoms with E-state index in [4.69, 9.17) is 11.6 Å². The molecule has 0 unspecified atom stereocenters. The molecular formula is C14H18ClF2NO.